The van der Waals surface area contributed by atoms with Crippen molar-refractivity contribution in [1.82, 2.24) is 9.97 Å². The number of nitrogens with one attached hydrogen (secondary N) is 2. The monoisotopic (exact) mass is 355 g/mol. The van der Waals surface area contributed by atoms with Crippen molar-refractivity contribution in [3.8, 4) is 0 Å². The van der Waals surface area contributed by atoms with Crippen LogP contribution in [0.25, 0.3) is 11.0 Å². The van der Waals surface area contributed by atoms with Gasteiger partial charge in [-0.1, -0.05) is 6.42 Å². The van der Waals surface area contributed by atoms with Crippen LogP contribution in [-0.4, -0.2) is 27.5 Å². The van der Waals surface area contributed by atoms with E-state index in [-0.39, 0.29) is 11.9 Å². The van der Waals surface area contributed by atoms with Gasteiger partial charge >= 0.3 is 11.1 Å². The second-order valence-corrected chi connectivity index (χ2v) is 6.91. The minimum absolute atomic E-state index is 0.192. The zero-order valence-electron chi connectivity index (χ0n) is 14.5. The van der Waals surface area contributed by atoms with Crippen molar-refractivity contribution in [2.24, 2.45) is 21.5 Å². The van der Waals surface area contributed by atoms with Crippen LogP contribution < -0.4 is 27.5 Å². The van der Waals surface area contributed by atoms with Crippen molar-refractivity contribution < 1.29 is 0 Å². The van der Waals surface area contributed by atoms with Gasteiger partial charge in [-0.3, -0.25) is 14.5 Å². The van der Waals surface area contributed by atoms with Gasteiger partial charge in [0.15, 0.2) is 0 Å². The maximum absolute atomic E-state index is 11.7. The maximum Gasteiger partial charge on any atom is 0.314 e. The molecule has 2 aromatic rings. The number of aliphatic imine (C=N–C) groups is 2. The van der Waals surface area contributed by atoms with Crippen LogP contribution in [-0.2, 0) is 0 Å². The lowest BCUT2D eigenvalue weighted by Crippen LogP contribution is -2.58. The molecule has 0 atom stereocenters. The molecule has 4 rings (SSSR count). The van der Waals surface area contributed by atoms with E-state index in [0.717, 1.165) is 43.4 Å². The van der Waals surface area contributed by atoms with E-state index in [1.807, 2.05) is 17.9 Å². The Hall–Kier alpha value is -3.10. The first-order chi connectivity index (χ1) is 12.4. The van der Waals surface area contributed by atoms with E-state index < -0.39 is 16.8 Å². The highest BCUT2D eigenvalue weighted by molar-refractivity contribution is 6.06. The first-order valence-electron chi connectivity index (χ1n) is 8.66. The van der Waals surface area contributed by atoms with Crippen LogP contribution >= 0.6 is 0 Å². The summed E-state index contributed by atoms with van der Waals surface area (Å²) in [4.78, 5) is 39.2. The molecule has 1 spiro atoms. The maximum atomic E-state index is 11.7. The van der Waals surface area contributed by atoms with Crippen LogP contribution in [0, 0.1) is 6.92 Å². The van der Waals surface area contributed by atoms with Gasteiger partial charge in [0.2, 0.25) is 11.9 Å². The van der Waals surface area contributed by atoms with Crippen molar-refractivity contribution >= 4 is 28.6 Å². The highest BCUT2D eigenvalue weighted by atomic mass is 16.2. The second kappa shape index (κ2) is 5.72. The largest absolute Gasteiger partial charge is 0.369 e. The van der Waals surface area contributed by atoms with E-state index in [1.54, 1.807) is 6.07 Å². The molecule has 9 heteroatoms. The molecule has 1 saturated carbocycles. The van der Waals surface area contributed by atoms with Gasteiger partial charge in [-0.15, -0.1) is 0 Å². The Morgan fingerprint density at radius 2 is 1.65 bits per heavy atom. The third-order valence-electron chi connectivity index (χ3n) is 5.13. The SMILES string of the molecule is Cc1cc2[nH]c(=O)c(=O)[nH]c2cc1N1C(N)=NC(N)=NC12CCCCC2. The first kappa shape index (κ1) is 16.4. The number of rotatable bonds is 1. The summed E-state index contributed by atoms with van der Waals surface area (Å²) < 4.78 is 0. The molecule has 26 heavy (non-hydrogen) atoms. The third-order valence-corrected chi connectivity index (χ3v) is 5.13. The van der Waals surface area contributed by atoms with Crippen molar-refractivity contribution in [3.05, 3.63) is 38.4 Å². The Balaban J connectivity index is 1.93. The summed E-state index contributed by atoms with van der Waals surface area (Å²) in [5.74, 6) is 0.477. The molecule has 0 saturated heterocycles. The third kappa shape index (κ3) is 2.47. The van der Waals surface area contributed by atoms with Crippen molar-refractivity contribution in [1.29, 1.82) is 0 Å². The van der Waals surface area contributed by atoms with Gasteiger partial charge in [-0.25, -0.2) is 4.99 Å². The molecular weight excluding hydrogens is 334 g/mol. The summed E-state index contributed by atoms with van der Waals surface area (Å²) >= 11 is 0. The van der Waals surface area contributed by atoms with Gasteiger partial charge in [0.05, 0.1) is 16.7 Å². The number of aryl methyl sites for hydroxylation is 1. The Morgan fingerprint density at radius 1 is 1.04 bits per heavy atom. The Morgan fingerprint density at radius 3 is 2.31 bits per heavy atom. The highest BCUT2D eigenvalue weighted by Crippen LogP contribution is 2.40. The molecule has 2 aliphatic rings. The van der Waals surface area contributed by atoms with Crippen LogP contribution in [0.3, 0.4) is 0 Å². The van der Waals surface area contributed by atoms with Crippen LogP contribution in [0.2, 0.25) is 0 Å². The van der Waals surface area contributed by atoms with Gasteiger partial charge in [0.1, 0.15) is 5.66 Å². The molecule has 1 aromatic heterocycles. The van der Waals surface area contributed by atoms with E-state index in [1.165, 1.54) is 0 Å². The summed E-state index contributed by atoms with van der Waals surface area (Å²) in [7, 11) is 0. The number of hydrogen-bond acceptors (Lipinski definition) is 7. The van der Waals surface area contributed by atoms with Crippen LogP contribution in [0.4, 0.5) is 5.69 Å². The Bertz CT molecular complexity index is 1060. The summed E-state index contributed by atoms with van der Waals surface area (Å²) in [5, 5.41) is 0. The van der Waals surface area contributed by atoms with Crippen molar-refractivity contribution in [2.45, 2.75) is 44.7 Å². The minimum Gasteiger partial charge on any atom is -0.369 e. The van der Waals surface area contributed by atoms with Gasteiger partial charge in [0.25, 0.3) is 0 Å². The van der Waals surface area contributed by atoms with E-state index >= 15 is 0 Å². The normalized spacial score (nSPS) is 19.5. The number of aromatic amines is 2. The van der Waals surface area contributed by atoms with Crippen molar-refractivity contribution in [2.75, 3.05) is 4.90 Å². The number of anilines is 1. The number of nitrogens with two attached hydrogens (primary N) is 2. The summed E-state index contributed by atoms with van der Waals surface area (Å²) in [6, 6.07) is 3.62. The van der Waals surface area contributed by atoms with Gasteiger partial charge in [-0.2, -0.15) is 4.99 Å². The molecule has 2 heterocycles. The molecular formula is C17H21N7O2. The van der Waals surface area contributed by atoms with E-state index in [2.05, 4.69) is 20.0 Å². The molecule has 1 aromatic carbocycles. The van der Waals surface area contributed by atoms with Crippen LogP contribution in [0.1, 0.15) is 37.7 Å². The number of aromatic nitrogens is 2. The lowest BCUT2D eigenvalue weighted by atomic mass is 9.87. The lowest BCUT2D eigenvalue weighted by molar-refractivity contribution is 0.305. The van der Waals surface area contributed by atoms with E-state index in [9.17, 15) is 9.59 Å². The Kier molecular flexibility index (Phi) is 3.60. The van der Waals surface area contributed by atoms with Crippen molar-refractivity contribution in [3.63, 3.8) is 0 Å². The Labute approximate surface area is 148 Å². The standard InChI is InChI=1S/C17H21N7O2/c1-9-7-10-11(21-14(26)13(25)20-10)8-12(9)24-16(19)22-15(18)23-17(24)5-3-2-4-6-17/h7-8H,2-6H2,1H3,(H,20,25)(H,21,26)(H4,18,19,22,23). The number of nitrogens with zero attached hydrogens (tertiary/aromatic N) is 3. The lowest BCUT2D eigenvalue weighted by Gasteiger charge is -2.46. The topological polar surface area (TPSA) is 146 Å². The molecule has 0 unspecified atom stereocenters. The average molecular weight is 355 g/mol. The molecule has 136 valence electrons. The van der Waals surface area contributed by atoms with Gasteiger partial charge < -0.3 is 21.4 Å². The summed E-state index contributed by atoms with van der Waals surface area (Å²) in [5.41, 5.74) is 13.0. The predicted molar refractivity (Wildman–Crippen MR) is 101 cm³/mol. The average Bonchev–Trinajstić information content (AvgIpc) is 2.57. The minimum atomic E-state index is -0.692. The molecule has 1 aliphatic heterocycles. The number of H-pyrrole nitrogens is 2. The fourth-order valence-electron chi connectivity index (χ4n) is 3.97. The number of benzene rings is 1. The number of fused-ring (bicyclic) bond motifs is 1. The molecule has 0 bridgehead atoms. The van der Waals surface area contributed by atoms with E-state index in [4.69, 9.17) is 11.5 Å². The van der Waals surface area contributed by atoms with Crippen LogP contribution in [0.5, 0.6) is 0 Å². The summed E-state index contributed by atoms with van der Waals surface area (Å²) in [6.45, 7) is 1.92. The first-order valence-corrected chi connectivity index (χ1v) is 8.66. The van der Waals surface area contributed by atoms with Crippen LogP contribution in [0.15, 0.2) is 31.7 Å². The quantitative estimate of drug-likeness (QED) is 0.554. The molecule has 0 radical (unpaired) electrons. The number of guanidine groups is 2. The zero-order valence-corrected chi connectivity index (χ0v) is 14.5. The van der Waals surface area contributed by atoms with Gasteiger partial charge in [-0.05, 0) is 50.3 Å². The molecule has 6 N–H and O–H groups in total. The molecule has 1 fully saturated rings. The molecule has 1 aliphatic carbocycles. The summed E-state index contributed by atoms with van der Waals surface area (Å²) in [6.07, 6.45) is 4.84. The van der Waals surface area contributed by atoms with Gasteiger partial charge in [0, 0.05) is 0 Å². The smallest absolute Gasteiger partial charge is 0.314 e. The molecule has 0 amide bonds. The second-order valence-electron chi connectivity index (χ2n) is 6.91. The molecule has 9 nitrogen and oxygen atoms in total. The predicted octanol–water partition coefficient (Wildman–Crippen LogP) is 0.635. The fourth-order valence-corrected chi connectivity index (χ4v) is 3.97. The number of hydrogen-bond donors (Lipinski definition) is 4. The highest BCUT2D eigenvalue weighted by Gasteiger charge is 2.43. The zero-order chi connectivity index (χ0) is 18.5. The van der Waals surface area contributed by atoms with E-state index in [0.29, 0.717) is 11.0 Å². The fraction of sp³-hybridized carbons (Fsp3) is 0.412.